The van der Waals surface area contributed by atoms with Gasteiger partial charge < -0.3 is 5.32 Å². The summed E-state index contributed by atoms with van der Waals surface area (Å²) in [6.45, 7) is 2.16. The summed E-state index contributed by atoms with van der Waals surface area (Å²) in [7, 11) is 0. The average Bonchev–Trinajstić information content (AvgIpc) is 2.85. The van der Waals surface area contributed by atoms with Gasteiger partial charge in [-0.15, -0.1) is 11.3 Å². The predicted molar refractivity (Wildman–Crippen MR) is 93.5 cm³/mol. The fourth-order valence-corrected chi connectivity index (χ4v) is 3.91. The van der Waals surface area contributed by atoms with E-state index < -0.39 is 0 Å². The van der Waals surface area contributed by atoms with Crippen LogP contribution in [-0.4, -0.2) is 4.98 Å². The van der Waals surface area contributed by atoms with Crippen LogP contribution in [0.15, 0.2) is 50.9 Å². The lowest BCUT2D eigenvalue weighted by Crippen LogP contribution is -2.05. The third kappa shape index (κ3) is 2.90. The number of benzene rings is 1. The van der Waals surface area contributed by atoms with E-state index in [4.69, 9.17) is 0 Å². The second-order valence-corrected chi connectivity index (χ2v) is 7.34. The lowest BCUT2D eigenvalue weighted by molar-refractivity contribution is 0.909. The van der Waals surface area contributed by atoms with Crippen molar-refractivity contribution in [3.8, 4) is 0 Å². The average molecular weight is 412 g/mol. The number of anilines is 1. The van der Waals surface area contributed by atoms with Gasteiger partial charge in [-0.25, -0.2) is 0 Å². The van der Waals surface area contributed by atoms with Crippen molar-refractivity contribution >= 4 is 59.8 Å². The Hall–Kier alpha value is -0.910. The van der Waals surface area contributed by atoms with E-state index in [2.05, 4.69) is 84.8 Å². The molecule has 1 atom stereocenters. The molecule has 2 nitrogen and oxygen atoms in total. The Morgan fingerprint density at radius 2 is 2.05 bits per heavy atom. The monoisotopic (exact) mass is 410 g/mol. The molecule has 0 amide bonds. The first-order valence-electron chi connectivity index (χ1n) is 6.18. The summed E-state index contributed by atoms with van der Waals surface area (Å²) in [5, 5.41) is 6.78. The number of aromatic nitrogens is 1. The molecule has 0 radical (unpaired) electrons. The smallest absolute Gasteiger partial charge is 0.0934 e. The SMILES string of the molecule is CC(Nc1cccc2cc(Br)cnc12)c1cc(Br)cs1. The van der Waals surface area contributed by atoms with Crippen LogP contribution in [0.2, 0.25) is 0 Å². The molecule has 0 fully saturated rings. The first kappa shape index (κ1) is 14.0. The molecular weight excluding hydrogens is 400 g/mol. The first-order valence-corrected chi connectivity index (χ1v) is 8.65. The van der Waals surface area contributed by atoms with Gasteiger partial charge in [-0.3, -0.25) is 4.98 Å². The molecule has 0 aliphatic carbocycles. The molecule has 5 heteroatoms. The fourth-order valence-electron chi connectivity index (χ4n) is 2.11. The summed E-state index contributed by atoms with van der Waals surface area (Å²) < 4.78 is 2.13. The molecule has 2 aromatic heterocycles. The Bertz CT molecular complexity index is 754. The molecule has 0 aliphatic rings. The highest BCUT2D eigenvalue weighted by Gasteiger charge is 2.10. The Morgan fingerprint density at radius 3 is 2.80 bits per heavy atom. The van der Waals surface area contributed by atoms with Crippen LogP contribution in [0.4, 0.5) is 5.69 Å². The summed E-state index contributed by atoms with van der Waals surface area (Å²) in [4.78, 5) is 5.81. The molecule has 1 N–H and O–H groups in total. The summed E-state index contributed by atoms with van der Waals surface area (Å²) in [5.74, 6) is 0. The van der Waals surface area contributed by atoms with E-state index in [1.807, 2.05) is 6.20 Å². The summed E-state index contributed by atoms with van der Waals surface area (Å²) in [5.41, 5.74) is 2.06. The van der Waals surface area contributed by atoms with Crippen molar-refractivity contribution < 1.29 is 0 Å². The van der Waals surface area contributed by atoms with Crippen molar-refractivity contribution in [3.63, 3.8) is 0 Å². The number of hydrogen-bond donors (Lipinski definition) is 1. The maximum absolute atomic E-state index is 4.52. The van der Waals surface area contributed by atoms with Gasteiger partial charge in [0.2, 0.25) is 0 Å². The number of fused-ring (bicyclic) bond motifs is 1. The van der Waals surface area contributed by atoms with Crippen molar-refractivity contribution in [2.75, 3.05) is 5.32 Å². The Labute approximate surface area is 138 Å². The Balaban J connectivity index is 1.94. The zero-order valence-corrected chi connectivity index (χ0v) is 14.7. The lowest BCUT2D eigenvalue weighted by Gasteiger charge is -2.15. The number of pyridine rings is 1. The largest absolute Gasteiger partial charge is 0.376 e. The molecule has 3 aromatic rings. The second-order valence-electron chi connectivity index (χ2n) is 4.56. The van der Waals surface area contributed by atoms with Gasteiger partial charge in [-0.1, -0.05) is 12.1 Å². The van der Waals surface area contributed by atoms with E-state index in [0.717, 1.165) is 25.5 Å². The van der Waals surface area contributed by atoms with E-state index in [1.54, 1.807) is 11.3 Å². The van der Waals surface area contributed by atoms with Crippen molar-refractivity contribution in [2.45, 2.75) is 13.0 Å². The summed E-state index contributed by atoms with van der Waals surface area (Å²) in [6, 6.07) is 10.7. The zero-order valence-electron chi connectivity index (χ0n) is 10.7. The highest BCUT2D eigenvalue weighted by atomic mass is 79.9. The molecule has 102 valence electrons. The highest BCUT2D eigenvalue weighted by Crippen LogP contribution is 2.30. The normalized spacial score (nSPS) is 12.6. The van der Waals surface area contributed by atoms with Crippen LogP contribution < -0.4 is 5.32 Å². The Kier molecular flexibility index (Phi) is 4.10. The van der Waals surface area contributed by atoms with Crippen LogP contribution in [0.3, 0.4) is 0 Å². The van der Waals surface area contributed by atoms with Crippen LogP contribution in [-0.2, 0) is 0 Å². The third-order valence-electron chi connectivity index (χ3n) is 3.06. The van der Waals surface area contributed by atoms with Crippen LogP contribution in [0.1, 0.15) is 17.8 Å². The van der Waals surface area contributed by atoms with Gasteiger partial charge in [0.05, 0.1) is 17.2 Å². The molecule has 20 heavy (non-hydrogen) atoms. The minimum atomic E-state index is 0.252. The van der Waals surface area contributed by atoms with Gasteiger partial charge in [0, 0.05) is 30.8 Å². The molecule has 0 spiro atoms. The van der Waals surface area contributed by atoms with Gasteiger partial charge in [0.25, 0.3) is 0 Å². The minimum absolute atomic E-state index is 0.252. The zero-order chi connectivity index (χ0) is 14.1. The van der Waals surface area contributed by atoms with Crippen molar-refractivity contribution in [1.82, 2.24) is 4.98 Å². The molecule has 1 aromatic carbocycles. The molecule has 3 rings (SSSR count). The predicted octanol–water partition coefficient (Wildman–Crippen LogP) is 5.99. The van der Waals surface area contributed by atoms with Gasteiger partial charge in [0.1, 0.15) is 0 Å². The second kappa shape index (κ2) is 5.84. The van der Waals surface area contributed by atoms with Crippen LogP contribution in [0, 0.1) is 0 Å². The number of hydrogen-bond acceptors (Lipinski definition) is 3. The number of nitrogens with one attached hydrogen (secondary N) is 1. The molecule has 1 unspecified atom stereocenters. The number of nitrogens with zero attached hydrogens (tertiary/aromatic N) is 1. The molecular formula is C15H12Br2N2S. The molecule has 0 saturated carbocycles. The summed E-state index contributed by atoms with van der Waals surface area (Å²) >= 11 is 8.71. The van der Waals surface area contributed by atoms with Crippen molar-refractivity contribution in [2.24, 2.45) is 0 Å². The van der Waals surface area contributed by atoms with E-state index in [-0.39, 0.29) is 6.04 Å². The maximum atomic E-state index is 4.52. The summed E-state index contributed by atoms with van der Waals surface area (Å²) in [6.07, 6.45) is 1.83. The Morgan fingerprint density at radius 1 is 1.20 bits per heavy atom. The first-order chi connectivity index (χ1) is 9.63. The van der Waals surface area contributed by atoms with Gasteiger partial charge in [-0.05, 0) is 57.0 Å². The quantitative estimate of drug-likeness (QED) is 0.572. The lowest BCUT2D eigenvalue weighted by atomic mass is 10.1. The van der Waals surface area contributed by atoms with E-state index in [0.29, 0.717) is 0 Å². The van der Waals surface area contributed by atoms with Gasteiger partial charge in [0.15, 0.2) is 0 Å². The fraction of sp³-hybridized carbons (Fsp3) is 0.133. The van der Waals surface area contributed by atoms with Gasteiger partial charge in [-0.2, -0.15) is 0 Å². The van der Waals surface area contributed by atoms with Crippen LogP contribution in [0.25, 0.3) is 10.9 Å². The van der Waals surface area contributed by atoms with Crippen LogP contribution in [0.5, 0.6) is 0 Å². The van der Waals surface area contributed by atoms with Gasteiger partial charge >= 0.3 is 0 Å². The van der Waals surface area contributed by atoms with E-state index in [9.17, 15) is 0 Å². The number of para-hydroxylation sites is 1. The number of thiophene rings is 1. The number of halogens is 2. The molecule has 0 aliphatic heterocycles. The number of rotatable bonds is 3. The molecule has 0 saturated heterocycles. The standard InChI is InChI=1S/C15H12Br2N2S/c1-9(14-6-12(17)8-20-14)19-13-4-2-3-10-5-11(16)7-18-15(10)13/h2-9,19H,1H3. The molecule has 0 bridgehead atoms. The van der Waals surface area contributed by atoms with Crippen molar-refractivity contribution in [1.29, 1.82) is 0 Å². The highest BCUT2D eigenvalue weighted by molar-refractivity contribution is 9.10. The van der Waals surface area contributed by atoms with E-state index in [1.165, 1.54) is 4.88 Å². The minimum Gasteiger partial charge on any atom is -0.376 e. The topological polar surface area (TPSA) is 24.9 Å². The third-order valence-corrected chi connectivity index (χ3v) is 5.37. The van der Waals surface area contributed by atoms with Crippen molar-refractivity contribution in [3.05, 3.63) is 55.7 Å². The molecule has 2 heterocycles. The van der Waals surface area contributed by atoms with E-state index >= 15 is 0 Å². The van der Waals surface area contributed by atoms with Crippen LogP contribution >= 0.6 is 43.2 Å². The maximum Gasteiger partial charge on any atom is 0.0934 e.